The number of hydrogen-bond donors (Lipinski definition) is 0. The van der Waals surface area contributed by atoms with Crippen molar-refractivity contribution in [1.82, 2.24) is 0 Å². The van der Waals surface area contributed by atoms with Crippen LogP contribution in [-0.4, -0.2) is 14.7 Å². The molecule has 0 heterocycles. The van der Waals surface area contributed by atoms with Crippen LogP contribution in [0.2, 0.25) is 5.02 Å². The monoisotopic (exact) mass is 348 g/mol. The molecule has 3 rings (SSSR count). The Balaban J connectivity index is 1.97. The third kappa shape index (κ3) is 3.23. The van der Waals surface area contributed by atoms with Crippen LogP contribution >= 0.6 is 11.6 Å². The fourth-order valence-corrected chi connectivity index (χ4v) is 3.35. The fourth-order valence-electron chi connectivity index (χ4n) is 2.61. The number of hydrogen-bond acceptors (Lipinski definition) is 2. The second-order valence-electron chi connectivity index (χ2n) is 5.40. The van der Waals surface area contributed by atoms with Crippen molar-refractivity contribution in [1.29, 1.82) is 0 Å². The molecular weight excluding hydrogens is 335 g/mol. The van der Waals surface area contributed by atoms with E-state index in [1.165, 1.54) is 18.4 Å². The molecule has 2 aromatic rings. The van der Waals surface area contributed by atoms with Crippen molar-refractivity contribution in [3.8, 4) is 0 Å². The van der Waals surface area contributed by atoms with Gasteiger partial charge in [0.05, 0.1) is 9.92 Å². The van der Waals surface area contributed by atoms with Crippen molar-refractivity contribution in [2.75, 3.05) is 6.26 Å². The number of benzene rings is 2. The highest BCUT2D eigenvalue weighted by Gasteiger charge is 2.16. The third-order valence-electron chi connectivity index (χ3n) is 3.76. The van der Waals surface area contributed by atoms with E-state index < -0.39 is 15.7 Å². The third-order valence-corrected chi connectivity index (χ3v) is 5.19. The van der Waals surface area contributed by atoms with Gasteiger partial charge in [-0.2, -0.15) is 0 Å². The molecule has 1 aliphatic rings. The lowest BCUT2D eigenvalue weighted by Gasteiger charge is -2.11. The first-order valence-corrected chi connectivity index (χ1v) is 9.30. The van der Waals surface area contributed by atoms with E-state index in [0.29, 0.717) is 0 Å². The lowest BCUT2D eigenvalue weighted by molar-refractivity contribution is 0.602. The first kappa shape index (κ1) is 16.0. The van der Waals surface area contributed by atoms with Crippen molar-refractivity contribution in [3.63, 3.8) is 0 Å². The fraction of sp³-hybridized carbons (Fsp3) is 0.111. The minimum Gasteiger partial charge on any atom is -0.224 e. The summed E-state index contributed by atoms with van der Waals surface area (Å²) in [4.78, 5) is 0.280. The summed E-state index contributed by atoms with van der Waals surface area (Å²) < 4.78 is 36.8. The lowest BCUT2D eigenvalue weighted by Crippen LogP contribution is -1.97. The van der Waals surface area contributed by atoms with Gasteiger partial charge in [0.25, 0.3) is 0 Å². The minimum absolute atomic E-state index is 0.0929. The lowest BCUT2D eigenvalue weighted by atomic mass is 9.95. The Morgan fingerprint density at radius 3 is 2.09 bits per heavy atom. The maximum absolute atomic E-state index is 13.7. The smallest absolute Gasteiger partial charge is 0.175 e. The molecule has 0 bridgehead atoms. The van der Waals surface area contributed by atoms with Gasteiger partial charge in [0.2, 0.25) is 0 Å². The highest BCUT2D eigenvalue weighted by molar-refractivity contribution is 7.90. The zero-order valence-electron chi connectivity index (χ0n) is 12.4. The van der Waals surface area contributed by atoms with Crippen LogP contribution in [0.5, 0.6) is 0 Å². The standard InChI is InChI=1S/C18H14ClFO2S/c1-23(21,22)14-8-5-12(6-9-14)15-3-2-4-16(15)13-7-10-17(19)18(20)11-13/h3-11H,2H2,1H3. The van der Waals surface area contributed by atoms with Gasteiger partial charge >= 0.3 is 0 Å². The Morgan fingerprint density at radius 1 is 0.957 bits per heavy atom. The van der Waals surface area contributed by atoms with Gasteiger partial charge in [0.1, 0.15) is 5.82 Å². The van der Waals surface area contributed by atoms with Crippen molar-refractivity contribution in [3.05, 3.63) is 76.6 Å². The van der Waals surface area contributed by atoms with E-state index >= 15 is 0 Å². The summed E-state index contributed by atoms with van der Waals surface area (Å²) in [6, 6.07) is 11.4. The van der Waals surface area contributed by atoms with Gasteiger partial charge in [-0.05, 0) is 53.0 Å². The van der Waals surface area contributed by atoms with E-state index in [0.717, 1.165) is 28.7 Å². The van der Waals surface area contributed by atoms with Crippen molar-refractivity contribution < 1.29 is 12.8 Å². The van der Waals surface area contributed by atoms with Gasteiger partial charge in [0, 0.05) is 6.26 Å². The molecule has 1 aliphatic carbocycles. The molecule has 2 nitrogen and oxygen atoms in total. The summed E-state index contributed by atoms with van der Waals surface area (Å²) in [5.74, 6) is -0.455. The predicted octanol–water partition coefficient (Wildman–Crippen LogP) is 4.75. The summed E-state index contributed by atoms with van der Waals surface area (Å²) in [7, 11) is -3.22. The Morgan fingerprint density at radius 2 is 1.52 bits per heavy atom. The van der Waals surface area contributed by atoms with E-state index in [4.69, 9.17) is 11.6 Å². The molecule has 0 spiro atoms. The molecule has 0 aliphatic heterocycles. The Hall–Kier alpha value is -1.91. The van der Waals surface area contributed by atoms with Crippen molar-refractivity contribution in [2.45, 2.75) is 11.3 Å². The quantitative estimate of drug-likeness (QED) is 0.801. The molecule has 2 aromatic carbocycles. The largest absolute Gasteiger partial charge is 0.224 e. The van der Waals surface area contributed by atoms with Crippen LogP contribution < -0.4 is 0 Å². The van der Waals surface area contributed by atoms with Crippen LogP contribution in [0, 0.1) is 5.82 Å². The summed E-state index contributed by atoms with van der Waals surface area (Å²) in [5.41, 5.74) is 3.54. The first-order valence-electron chi connectivity index (χ1n) is 7.03. The highest BCUT2D eigenvalue weighted by Crippen LogP contribution is 2.37. The molecule has 0 saturated heterocycles. The summed E-state index contributed by atoms with van der Waals surface area (Å²) in [6.07, 6.45) is 5.99. The molecule has 0 aromatic heterocycles. The van der Waals surface area contributed by atoms with Crippen LogP contribution in [0.4, 0.5) is 4.39 Å². The van der Waals surface area contributed by atoms with E-state index in [-0.39, 0.29) is 9.92 Å². The summed E-state index contributed by atoms with van der Waals surface area (Å²) in [6.45, 7) is 0. The number of allylic oxidation sites excluding steroid dienone is 4. The molecule has 0 N–H and O–H groups in total. The van der Waals surface area contributed by atoms with Gasteiger partial charge in [-0.25, -0.2) is 12.8 Å². The van der Waals surface area contributed by atoms with Gasteiger partial charge in [0.15, 0.2) is 9.84 Å². The van der Waals surface area contributed by atoms with E-state index in [1.54, 1.807) is 30.3 Å². The molecule has 0 radical (unpaired) electrons. The van der Waals surface area contributed by atoms with Crippen LogP contribution in [0.1, 0.15) is 17.5 Å². The average Bonchev–Trinajstić information content (AvgIpc) is 2.99. The average molecular weight is 349 g/mol. The Kier molecular flexibility index (Phi) is 4.13. The van der Waals surface area contributed by atoms with E-state index in [2.05, 4.69) is 0 Å². The topological polar surface area (TPSA) is 34.1 Å². The number of sulfone groups is 1. The first-order chi connectivity index (χ1) is 10.9. The van der Waals surface area contributed by atoms with Crippen LogP contribution in [0.15, 0.2) is 59.5 Å². The number of halogens is 2. The molecule has 0 unspecified atom stereocenters. The van der Waals surface area contributed by atoms with Crippen molar-refractivity contribution >= 4 is 32.6 Å². The molecule has 5 heteroatoms. The maximum Gasteiger partial charge on any atom is 0.175 e. The second kappa shape index (κ2) is 5.95. The van der Waals surface area contributed by atoms with Gasteiger partial charge in [-0.1, -0.05) is 42.0 Å². The minimum atomic E-state index is -3.22. The van der Waals surface area contributed by atoms with Gasteiger partial charge in [-0.3, -0.25) is 0 Å². The highest BCUT2D eigenvalue weighted by atomic mass is 35.5. The molecule has 0 atom stereocenters. The van der Waals surface area contributed by atoms with Crippen molar-refractivity contribution in [2.24, 2.45) is 0 Å². The summed E-state index contributed by atoms with van der Waals surface area (Å²) >= 11 is 5.73. The van der Waals surface area contributed by atoms with Crippen LogP contribution in [0.3, 0.4) is 0 Å². The maximum atomic E-state index is 13.7. The zero-order chi connectivity index (χ0) is 16.6. The van der Waals surface area contributed by atoms with Crippen LogP contribution in [-0.2, 0) is 9.84 Å². The second-order valence-corrected chi connectivity index (χ2v) is 7.82. The normalized spacial score (nSPS) is 14.6. The number of rotatable bonds is 3. The SMILES string of the molecule is CS(=O)(=O)c1ccc(C2=CCC=C2c2ccc(Cl)c(F)c2)cc1. The van der Waals surface area contributed by atoms with Gasteiger partial charge in [-0.15, -0.1) is 0 Å². The zero-order valence-corrected chi connectivity index (χ0v) is 14.0. The molecule has 23 heavy (non-hydrogen) atoms. The van der Waals surface area contributed by atoms with E-state index in [1.807, 2.05) is 12.2 Å². The Bertz CT molecular complexity index is 926. The Labute approximate surface area is 139 Å². The molecule has 0 fully saturated rings. The van der Waals surface area contributed by atoms with E-state index in [9.17, 15) is 12.8 Å². The van der Waals surface area contributed by atoms with Gasteiger partial charge < -0.3 is 0 Å². The van der Waals surface area contributed by atoms with Crippen LogP contribution in [0.25, 0.3) is 11.1 Å². The molecule has 0 saturated carbocycles. The summed E-state index contributed by atoms with van der Waals surface area (Å²) in [5, 5.41) is 0.0929. The predicted molar refractivity (Wildman–Crippen MR) is 91.5 cm³/mol. The molecular formula is C18H14ClFO2S. The molecule has 118 valence electrons. The molecule has 0 amide bonds.